The molecule has 3 aromatic rings. The average molecular weight is 431 g/mol. The van der Waals surface area contributed by atoms with Gasteiger partial charge in [-0.3, -0.25) is 19.7 Å². The summed E-state index contributed by atoms with van der Waals surface area (Å²) in [7, 11) is 0. The van der Waals surface area contributed by atoms with Gasteiger partial charge in [-0.05, 0) is 38.1 Å². The summed E-state index contributed by atoms with van der Waals surface area (Å²) in [6.45, 7) is 3.81. The summed E-state index contributed by atoms with van der Waals surface area (Å²) < 4.78 is 6.86. The van der Waals surface area contributed by atoms with Crippen molar-refractivity contribution >= 4 is 46.5 Å². The Morgan fingerprint density at radius 3 is 2.44 bits per heavy atom. The minimum atomic E-state index is -0.801. The van der Waals surface area contributed by atoms with E-state index in [-0.39, 0.29) is 24.7 Å². The van der Waals surface area contributed by atoms with Crippen LogP contribution in [0.1, 0.15) is 18.2 Å². The predicted molar refractivity (Wildman–Crippen MR) is 119 cm³/mol. The molecule has 0 atom stereocenters. The van der Waals surface area contributed by atoms with E-state index >= 15 is 0 Å². The van der Waals surface area contributed by atoms with Gasteiger partial charge < -0.3 is 9.30 Å². The molecule has 0 aliphatic carbocycles. The number of nitrogens with one attached hydrogen (secondary N) is 1. The Labute approximate surface area is 184 Å². The SMILES string of the molecule is CCOC(=O)Cn1c(C)c(/C=C2\C(=O)NC(=O)N(c3ccccc3)C2=O)c2ccccc21. The van der Waals surface area contributed by atoms with Gasteiger partial charge in [-0.1, -0.05) is 36.4 Å². The van der Waals surface area contributed by atoms with E-state index in [2.05, 4.69) is 5.32 Å². The fourth-order valence-electron chi connectivity index (χ4n) is 3.79. The summed E-state index contributed by atoms with van der Waals surface area (Å²) >= 11 is 0. The second-order valence-corrected chi connectivity index (χ2v) is 7.20. The zero-order valence-electron chi connectivity index (χ0n) is 17.6. The van der Waals surface area contributed by atoms with E-state index in [1.807, 2.05) is 24.3 Å². The fourth-order valence-corrected chi connectivity index (χ4v) is 3.79. The zero-order valence-corrected chi connectivity index (χ0v) is 17.6. The summed E-state index contributed by atoms with van der Waals surface area (Å²) in [5.41, 5.74) is 2.26. The van der Waals surface area contributed by atoms with Gasteiger partial charge in [0.05, 0.1) is 12.3 Å². The molecular formula is C24H21N3O5. The van der Waals surface area contributed by atoms with Gasteiger partial charge in [-0.25, -0.2) is 9.69 Å². The molecule has 4 amide bonds. The molecule has 2 aromatic carbocycles. The number of imide groups is 2. The van der Waals surface area contributed by atoms with Crippen LogP contribution in [0, 0.1) is 6.92 Å². The van der Waals surface area contributed by atoms with E-state index in [0.29, 0.717) is 16.9 Å². The fraction of sp³-hybridized carbons (Fsp3) is 0.167. The second kappa shape index (κ2) is 8.50. The summed E-state index contributed by atoms with van der Waals surface area (Å²) in [4.78, 5) is 51.2. The summed E-state index contributed by atoms with van der Waals surface area (Å²) in [5, 5.41) is 3.00. The highest BCUT2D eigenvalue weighted by molar-refractivity contribution is 6.39. The van der Waals surface area contributed by atoms with Crippen molar-refractivity contribution < 1.29 is 23.9 Å². The number of benzene rings is 2. The number of esters is 1. The first-order valence-electron chi connectivity index (χ1n) is 10.1. The number of fused-ring (bicyclic) bond motifs is 1. The molecule has 1 N–H and O–H groups in total. The molecule has 0 radical (unpaired) electrons. The molecule has 1 aliphatic heterocycles. The predicted octanol–water partition coefficient (Wildman–Crippen LogP) is 3.18. The van der Waals surface area contributed by atoms with E-state index in [0.717, 1.165) is 15.8 Å². The van der Waals surface area contributed by atoms with Crippen LogP contribution in [-0.2, 0) is 25.7 Å². The van der Waals surface area contributed by atoms with Crippen LogP contribution in [0.4, 0.5) is 10.5 Å². The molecule has 4 rings (SSSR count). The van der Waals surface area contributed by atoms with Crippen LogP contribution < -0.4 is 10.2 Å². The third kappa shape index (κ3) is 3.66. The number of ether oxygens (including phenoxy) is 1. The number of para-hydroxylation sites is 2. The van der Waals surface area contributed by atoms with E-state index < -0.39 is 17.8 Å². The number of nitrogens with zero attached hydrogens (tertiary/aromatic N) is 2. The number of rotatable bonds is 5. The first-order valence-corrected chi connectivity index (χ1v) is 10.1. The van der Waals surface area contributed by atoms with Crippen molar-refractivity contribution in [3.8, 4) is 0 Å². The molecule has 0 bridgehead atoms. The number of hydrogen-bond acceptors (Lipinski definition) is 5. The number of urea groups is 1. The number of anilines is 1. The Balaban J connectivity index is 1.82. The molecule has 2 heterocycles. The first-order chi connectivity index (χ1) is 15.4. The van der Waals surface area contributed by atoms with E-state index in [1.54, 1.807) is 48.7 Å². The summed E-state index contributed by atoms with van der Waals surface area (Å²) in [5.74, 6) is -1.87. The normalized spacial score (nSPS) is 15.4. The maximum atomic E-state index is 13.2. The van der Waals surface area contributed by atoms with Crippen molar-refractivity contribution in [2.24, 2.45) is 0 Å². The largest absolute Gasteiger partial charge is 0.465 e. The van der Waals surface area contributed by atoms with Gasteiger partial charge in [0.15, 0.2) is 0 Å². The minimum absolute atomic E-state index is 0.00186. The lowest BCUT2D eigenvalue weighted by atomic mass is 10.0. The summed E-state index contributed by atoms with van der Waals surface area (Å²) in [6, 6.07) is 15.0. The molecule has 1 aromatic heterocycles. The Kier molecular flexibility index (Phi) is 5.59. The molecule has 0 spiro atoms. The lowest BCUT2D eigenvalue weighted by Crippen LogP contribution is -2.54. The molecule has 8 heteroatoms. The monoisotopic (exact) mass is 431 g/mol. The molecule has 32 heavy (non-hydrogen) atoms. The number of carbonyl (C=O) groups is 4. The third-order valence-electron chi connectivity index (χ3n) is 5.28. The molecule has 1 fully saturated rings. The van der Waals surface area contributed by atoms with Gasteiger partial charge in [-0.2, -0.15) is 0 Å². The van der Waals surface area contributed by atoms with Crippen molar-refractivity contribution in [2.45, 2.75) is 20.4 Å². The van der Waals surface area contributed by atoms with Crippen LogP contribution in [0.5, 0.6) is 0 Å². The number of barbiturate groups is 1. The number of amides is 4. The van der Waals surface area contributed by atoms with Crippen molar-refractivity contribution in [1.82, 2.24) is 9.88 Å². The van der Waals surface area contributed by atoms with Crippen LogP contribution >= 0.6 is 0 Å². The molecule has 1 saturated heterocycles. The maximum absolute atomic E-state index is 13.2. The molecule has 0 saturated carbocycles. The van der Waals surface area contributed by atoms with E-state index in [9.17, 15) is 19.2 Å². The van der Waals surface area contributed by atoms with Crippen LogP contribution in [0.15, 0.2) is 60.2 Å². The van der Waals surface area contributed by atoms with Crippen LogP contribution in [0.3, 0.4) is 0 Å². The highest BCUT2D eigenvalue weighted by Gasteiger charge is 2.37. The van der Waals surface area contributed by atoms with E-state index in [1.165, 1.54) is 6.08 Å². The number of carbonyl (C=O) groups excluding carboxylic acids is 4. The Morgan fingerprint density at radius 2 is 1.72 bits per heavy atom. The van der Waals surface area contributed by atoms with Crippen molar-refractivity contribution in [3.05, 3.63) is 71.4 Å². The van der Waals surface area contributed by atoms with Crippen LogP contribution in [0.2, 0.25) is 0 Å². The minimum Gasteiger partial charge on any atom is -0.465 e. The molecule has 1 aliphatic rings. The quantitative estimate of drug-likeness (QED) is 0.380. The van der Waals surface area contributed by atoms with Gasteiger partial charge in [0.1, 0.15) is 12.1 Å². The highest BCUT2D eigenvalue weighted by Crippen LogP contribution is 2.29. The molecule has 0 unspecified atom stereocenters. The number of aromatic nitrogens is 1. The summed E-state index contributed by atoms with van der Waals surface area (Å²) in [6.07, 6.45) is 1.47. The van der Waals surface area contributed by atoms with Crippen molar-refractivity contribution in [1.29, 1.82) is 0 Å². The third-order valence-corrected chi connectivity index (χ3v) is 5.28. The van der Waals surface area contributed by atoms with Gasteiger partial charge in [0, 0.05) is 22.2 Å². The maximum Gasteiger partial charge on any atom is 0.335 e. The lowest BCUT2D eigenvalue weighted by Gasteiger charge is -2.26. The topological polar surface area (TPSA) is 97.7 Å². The van der Waals surface area contributed by atoms with Gasteiger partial charge >= 0.3 is 12.0 Å². The first kappa shape index (κ1) is 21.0. The standard InChI is InChI=1S/C24H21N3O5/c1-3-32-21(28)14-26-15(2)18(17-11-7-8-12-20(17)26)13-19-22(29)25-24(31)27(23(19)30)16-9-5-4-6-10-16/h4-13H,3,14H2,1-2H3,(H,25,29,31)/b19-13+. The zero-order chi connectivity index (χ0) is 22.8. The highest BCUT2D eigenvalue weighted by atomic mass is 16.5. The van der Waals surface area contributed by atoms with Crippen LogP contribution in [-0.4, -0.2) is 35.0 Å². The van der Waals surface area contributed by atoms with Crippen LogP contribution in [0.25, 0.3) is 17.0 Å². The smallest absolute Gasteiger partial charge is 0.335 e. The van der Waals surface area contributed by atoms with Gasteiger partial charge in [0.25, 0.3) is 11.8 Å². The second-order valence-electron chi connectivity index (χ2n) is 7.20. The number of hydrogen-bond donors (Lipinski definition) is 1. The Morgan fingerprint density at radius 1 is 1.03 bits per heavy atom. The average Bonchev–Trinajstić information content (AvgIpc) is 3.03. The lowest BCUT2D eigenvalue weighted by molar-refractivity contribution is -0.143. The Hall–Kier alpha value is -4.20. The Bertz CT molecular complexity index is 1270. The molecule has 8 nitrogen and oxygen atoms in total. The van der Waals surface area contributed by atoms with Crippen molar-refractivity contribution in [3.63, 3.8) is 0 Å². The van der Waals surface area contributed by atoms with Gasteiger partial charge in [0.2, 0.25) is 0 Å². The molecular weight excluding hydrogens is 410 g/mol. The van der Waals surface area contributed by atoms with Crippen molar-refractivity contribution in [2.75, 3.05) is 11.5 Å². The molecule has 162 valence electrons. The van der Waals surface area contributed by atoms with Gasteiger partial charge in [-0.15, -0.1) is 0 Å². The van der Waals surface area contributed by atoms with E-state index in [4.69, 9.17) is 4.74 Å².